The molecule has 1 aromatic carbocycles. The Morgan fingerprint density at radius 2 is 2.23 bits per heavy atom. The summed E-state index contributed by atoms with van der Waals surface area (Å²) in [4.78, 5) is 22.0. The van der Waals surface area contributed by atoms with Gasteiger partial charge in [-0.3, -0.25) is 4.79 Å². The molecule has 0 unspecified atom stereocenters. The summed E-state index contributed by atoms with van der Waals surface area (Å²) >= 11 is 5.80. The minimum absolute atomic E-state index is 0.102. The highest BCUT2D eigenvalue weighted by atomic mass is 35.5. The van der Waals surface area contributed by atoms with Gasteiger partial charge in [0.05, 0.1) is 22.0 Å². The first-order valence-electron chi connectivity index (χ1n) is 6.10. The maximum atomic E-state index is 12.0. The Balaban J connectivity index is 2.18. The molecule has 0 radical (unpaired) electrons. The molecule has 1 heterocycles. The smallest absolute Gasteiger partial charge is 0.358 e. The van der Waals surface area contributed by atoms with Crippen molar-refractivity contribution in [1.82, 2.24) is 9.78 Å². The van der Waals surface area contributed by atoms with Crippen LogP contribution >= 0.6 is 11.6 Å². The van der Waals surface area contributed by atoms with E-state index in [4.69, 9.17) is 16.9 Å². The second kappa shape index (κ2) is 6.24. The lowest BCUT2D eigenvalue weighted by Crippen LogP contribution is -2.20. The lowest BCUT2D eigenvalue weighted by atomic mass is 10.2. The summed E-state index contributed by atoms with van der Waals surface area (Å²) in [6.45, 7) is 1.28. The molecule has 22 heavy (non-hydrogen) atoms. The molecule has 1 amide bonds. The van der Waals surface area contributed by atoms with E-state index < -0.39 is 16.6 Å². The third kappa shape index (κ3) is 3.05. The number of halogens is 1. The van der Waals surface area contributed by atoms with Gasteiger partial charge in [0.2, 0.25) is 5.91 Å². The molecule has 0 bridgehead atoms. The Hall–Kier alpha value is -2.92. The molecule has 0 aliphatic carbocycles. The third-order valence-electron chi connectivity index (χ3n) is 2.90. The van der Waals surface area contributed by atoms with Crippen LogP contribution in [0.4, 0.5) is 11.5 Å². The lowest BCUT2D eigenvalue weighted by Gasteiger charge is -2.06. The molecule has 0 atom stereocenters. The number of benzene rings is 1. The minimum atomic E-state index is -0.714. The molecule has 112 valence electrons. The fourth-order valence-electron chi connectivity index (χ4n) is 1.79. The normalized spacial score (nSPS) is 10.0. The highest BCUT2D eigenvalue weighted by Crippen LogP contribution is 2.26. The van der Waals surface area contributed by atoms with Crippen molar-refractivity contribution in [2.75, 3.05) is 5.32 Å². The molecule has 1 aromatic heterocycles. The minimum Gasteiger partial charge on any atom is -0.358 e. The number of carbonyl (C=O) groups excluding carboxylic acids is 1. The number of nitriles is 1. The monoisotopic (exact) mass is 319 g/mol. The molecule has 2 aromatic rings. The Morgan fingerprint density at radius 3 is 2.82 bits per heavy atom. The van der Waals surface area contributed by atoms with Crippen molar-refractivity contribution < 1.29 is 9.72 Å². The van der Waals surface area contributed by atoms with Gasteiger partial charge in [-0.25, -0.2) is 0 Å². The summed E-state index contributed by atoms with van der Waals surface area (Å²) in [5, 5.41) is 25.9. The van der Waals surface area contributed by atoms with E-state index in [-0.39, 0.29) is 11.6 Å². The number of hydrogen-bond acceptors (Lipinski definition) is 5. The van der Waals surface area contributed by atoms with Crippen LogP contribution in [0.1, 0.15) is 11.3 Å². The van der Waals surface area contributed by atoms with Crippen molar-refractivity contribution in [2.45, 2.75) is 13.5 Å². The van der Waals surface area contributed by atoms with Crippen molar-refractivity contribution in [2.24, 2.45) is 0 Å². The van der Waals surface area contributed by atoms with Crippen LogP contribution in [0, 0.1) is 28.4 Å². The first-order chi connectivity index (χ1) is 10.4. The van der Waals surface area contributed by atoms with Crippen molar-refractivity contribution in [3.63, 3.8) is 0 Å². The van der Waals surface area contributed by atoms with Gasteiger partial charge in [-0.15, -0.1) is 0 Å². The Bertz CT molecular complexity index is 793. The second-order valence-electron chi connectivity index (χ2n) is 4.34. The predicted octanol–water partition coefficient (Wildman–Crippen LogP) is 2.26. The topological polar surface area (TPSA) is 114 Å². The van der Waals surface area contributed by atoms with E-state index in [9.17, 15) is 14.9 Å². The zero-order valence-corrected chi connectivity index (χ0v) is 12.2. The van der Waals surface area contributed by atoms with Gasteiger partial charge in [0.25, 0.3) is 0 Å². The molecule has 8 nitrogen and oxygen atoms in total. The number of nitro groups is 1. The number of hydrogen-bond donors (Lipinski definition) is 1. The van der Waals surface area contributed by atoms with Crippen molar-refractivity contribution in [3.05, 3.63) is 50.7 Å². The number of rotatable bonds is 4. The standard InChI is InChI=1S/C13H10ClN5O3/c1-8-12(14)13(19(21)22)17-18(8)7-11(20)16-10-5-3-2-4-9(10)6-15/h2-5H,7H2,1H3,(H,16,20). The van der Waals surface area contributed by atoms with Gasteiger partial charge in [0.1, 0.15) is 12.6 Å². The fraction of sp³-hybridized carbons (Fsp3) is 0.154. The van der Waals surface area contributed by atoms with E-state index in [0.717, 1.165) is 4.68 Å². The molecule has 2 rings (SSSR count). The van der Waals surface area contributed by atoms with Crippen LogP contribution in [0.15, 0.2) is 24.3 Å². The SMILES string of the molecule is Cc1c(Cl)c([N+](=O)[O-])nn1CC(=O)Nc1ccccc1C#N. The van der Waals surface area contributed by atoms with Crippen molar-refractivity contribution in [3.8, 4) is 6.07 Å². The Labute approximate surface area is 130 Å². The summed E-state index contributed by atoms with van der Waals surface area (Å²) < 4.78 is 1.14. The van der Waals surface area contributed by atoms with Gasteiger partial charge in [-0.2, -0.15) is 9.94 Å². The molecule has 0 saturated carbocycles. The summed E-state index contributed by atoms with van der Waals surface area (Å²) in [5.41, 5.74) is 0.995. The van der Waals surface area contributed by atoms with Crippen LogP contribution in [0.3, 0.4) is 0 Å². The van der Waals surface area contributed by atoms with E-state index in [0.29, 0.717) is 16.9 Å². The molecular formula is C13H10ClN5O3. The molecular weight excluding hydrogens is 310 g/mol. The lowest BCUT2D eigenvalue weighted by molar-refractivity contribution is -0.389. The molecule has 0 spiro atoms. The molecule has 0 saturated heterocycles. The van der Waals surface area contributed by atoms with Crippen LogP contribution in [-0.4, -0.2) is 20.6 Å². The third-order valence-corrected chi connectivity index (χ3v) is 3.35. The van der Waals surface area contributed by atoms with Gasteiger partial charge < -0.3 is 15.4 Å². The van der Waals surface area contributed by atoms with Gasteiger partial charge in [-0.1, -0.05) is 23.7 Å². The number of anilines is 1. The summed E-state index contributed by atoms with van der Waals surface area (Å²) in [6.07, 6.45) is 0. The van der Waals surface area contributed by atoms with E-state index in [1.54, 1.807) is 24.3 Å². The summed E-state index contributed by atoms with van der Waals surface area (Å²) in [6, 6.07) is 8.46. The maximum Gasteiger partial charge on any atom is 0.408 e. The van der Waals surface area contributed by atoms with Crippen LogP contribution < -0.4 is 5.32 Å². The summed E-state index contributed by atoms with van der Waals surface area (Å²) in [5.74, 6) is -0.968. The van der Waals surface area contributed by atoms with Crippen LogP contribution in [-0.2, 0) is 11.3 Å². The van der Waals surface area contributed by atoms with Crippen LogP contribution in [0.5, 0.6) is 0 Å². The number of aromatic nitrogens is 2. The Morgan fingerprint density at radius 1 is 1.55 bits per heavy atom. The predicted molar refractivity (Wildman–Crippen MR) is 78.4 cm³/mol. The molecule has 0 fully saturated rings. The highest BCUT2D eigenvalue weighted by Gasteiger charge is 2.25. The summed E-state index contributed by atoms with van der Waals surface area (Å²) in [7, 11) is 0. The fourth-order valence-corrected chi connectivity index (χ4v) is 2.00. The number of nitrogens with one attached hydrogen (secondary N) is 1. The first-order valence-corrected chi connectivity index (χ1v) is 6.48. The van der Waals surface area contributed by atoms with E-state index >= 15 is 0 Å². The quantitative estimate of drug-likeness (QED) is 0.685. The maximum absolute atomic E-state index is 12.0. The number of para-hydroxylation sites is 1. The molecule has 0 aliphatic rings. The van der Waals surface area contributed by atoms with Gasteiger partial charge in [0.15, 0.2) is 5.02 Å². The van der Waals surface area contributed by atoms with E-state index in [2.05, 4.69) is 10.4 Å². The van der Waals surface area contributed by atoms with Crippen LogP contribution in [0.2, 0.25) is 5.02 Å². The first kappa shape index (κ1) is 15.5. The second-order valence-corrected chi connectivity index (χ2v) is 4.72. The van der Waals surface area contributed by atoms with Crippen molar-refractivity contribution in [1.29, 1.82) is 5.26 Å². The average molecular weight is 320 g/mol. The zero-order valence-electron chi connectivity index (χ0n) is 11.4. The largest absolute Gasteiger partial charge is 0.408 e. The van der Waals surface area contributed by atoms with Crippen LogP contribution in [0.25, 0.3) is 0 Å². The zero-order chi connectivity index (χ0) is 16.3. The van der Waals surface area contributed by atoms with E-state index in [1.807, 2.05) is 6.07 Å². The highest BCUT2D eigenvalue weighted by molar-refractivity contribution is 6.33. The van der Waals surface area contributed by atoms with Gasteiger partial charge >= 0.3 is 5.82 Å². The van der Waals surface area contributed by atoms with Gasteiger partial charge in [-0.05, 0) is 24.0 Å². The molecule has 1 N–H and O–H groups in total. The van der Waals surface area contributed by atoms with E-state index in [1.165, 1.54) is 6.92 Å². The number of carbonyl (C=O) groups is 1. The number of amides is 1. The van der Waals surface area contributed by atoms with Gasteiger partial charge in [0, 0.05) is 0 Å². The molecule has 0 aliphatic heterocycles. The average Bonchev–Trinajstić information content (AvgIpc) is 2.76. The molecule has 9 heteroatoms. The Kier molecular flexibility index (Phi) is 4.39. The van der Waals surface area contributed by atoms with Crippen molar-refractivity contribution >= 4 is 29.0 Å². The number of nitrogens with zero attached hydrogens (tertiary/aromatic N) is 4.